The molecule has 0 spiro atoms. The van der Waals surface area contributed by atoms with Gasteiger partial charge in [0.15, 0.2) is 0 Å². The number of benzene rings is 1. The molecule has 1 aromatic carbocycles. The van der Waals surface area contributed by atoms with Gasteiger partial charge < -0.3 is 37.9 Å². The van der Waals surface area contributed by atoms with Crippen molar-refractivity contribution in [3.05, 3.63) is 96.4 Å². The third-order valence-corrected chi connectivity index (χ3v) is 6.79. The maximum atomic E-state index is 11.9. The highest BCUT2D eigenvalue weighted by Crippen LogP contribution is 2.42. The molecule has 0 heterocycles. The van der Waals surface area contributed by atoms with Crippen LogP contribution in [0.1, 0.15) is 40.2 Å². The van der Waals surface area contributed by atoms with E-state index in [1.165, 1.54) is 0 Å². The van der Waals surface area contributed by atoms with E-state index in [9.17, 15) is 19.2 Å². The van der Waals surface area contributed by atoms with Gasteiger partial charge in [0.1, 0.15) is 63.5 Å². The first-order valence-electron chi connectivity index (χ1n) is 15.5. The van der Waals surface area contributed by atoms with Crippen molar-refractivity contribution >= 4 is 23.9 Å². The summed E-state index contributed by atoms with van der Waals surface area (Å²) in [6.45, 7) is 22.6. The molecule has 1 aliphatic rings. The van der Waals surface area contributed by atoms with Crippen LogP contribution in [0.25, 0.3) is 0 Å². The average Bonchev–Trinajstić information content (AvgIpc) is 3.05. The number of ether oxygens (including phenoxy) is 8. The number of rotatable bonds is 21. The van der Waals surface area contributed by atoms with E-state index in [1.54, 1.807) is 52.0 Å². The Labute approximate surface area is 287 Å². The Kier molecular flexibility index (Phi) is 16.1. The zero-order valence-electron chi connectivity index (χ0n) is 28.9. The number of allylic oxidation sites excluding steroid dienone is 1. The molecule has 2 atom stereocenters. The van der Waals surface area contributed by atoms with Gasteiger partial charge in [-0.3, -0.25) is 0 Å². The van der Waals surface area contributed by atoms with Crippen molar-refractivity contribution in [2.24, 2.45) is 0 Å². The summed E-state index contributed by atoms with van der Waals surface area (Å²) in [5.74, 6) is -0.813. The minimum Gasteiger partial charge on any atom is -0.490 e. The van der Waals surface area contributed by atoms with Crippen molar-refractivity contribution in [3.63, 3.8) is 0 Å². The van der Waals surface area contributed by atoms with E-state index in [1.807, 2.05) is 19.1 Å². The Morgan fingerprint density at radius 1 is 0.633 bits per heavy atom. The van der Waals surface area contributed by atoms with Crippen LogP contribution in [0.2, 0.25) is 0 Å². The Morgan fingerprint density at radius 2 is 1.08 bits per heavy atom. The van der Waals surface area contributed by atoms with Crippen molar-refractivity contribution in [2.75, 3.05) is 52.9 Å². The number of hydrogen-bond acceptors (Lipinski definition) is 12. The van der Waals surface area contributed by atoms with Gasteiger partial charge in [0.25, 0.3) is 0 Å². The van der Waals surface area contributed by atoms with Crippen LogP contribution in [0.15, 0.2) is 90.8 Å². The van der Waals surface area contributed by atoms with E-state index in [0.717, 1.165) is 0 Å². The van der Waals surface area contributed by atoms with E-state index in [0.29, 0.717) is 22.8 Å². The van der Waals surface area contributed by atoms with E-state index in [4.69, 9.17) is 37.9 Å². The predicted molar refractivity (Wildman–Crippen MR) is 181 cm³/mol. The summed E-state index contributed by atoms with van der Waals surface area (Å²) in [5.41, 5.74) is 0.905. The minimum atomic E-state index is -0.864. The van der Waals surface area contributed by atoms with Crippen LogP contribution >= 0.6 is 0 Å². The van der Waals surface area contributed by atoms with Crippen LogP contribution in [0.4, 0.5) is 0 Å². The summed E-state index contributed by atoms with van der Waals surface area (Å²) in [6, 6.07) is 5.22. The van der Waals surface area contributed by atoms with Gasteiger partial charge in [0, 0.05) is 39.3 Å². The summed E-state index contributed by atoms with van der Waals surface area (Å²) < 4.78 is 44.7. The molecule has 0 aliphatic heterocycles. The first-order chi connectivity index (χ1) is 23.1. The molecule has 0 saturated carbocycles. The van der Waals surface area contributed by atoms with Crippen LogP contribution in [0, 0.1) is 0 Å². The Hall–Kier alpha value is -5.10. The second-order valence-electron chi connectivity index (χ2n) is 11.3. The molecule has 266 valence electrons. The van der Waals surface area contributed by atoms with Gasteiger partial charge in [-0.15, -0.1) is 0 Å². The molecule has 0 N–H and O–H groups in total. The molecule has 1 aliphatic carbocycles. The van der Waals surface area contributed by atoms with Crippen molar-refractivity contribution in [1.29, 1.82) is 0 Å². The predicted octanol–water partition coefficient (Wildman–Crippen LogP) is 5.03. The fourth-order valence-corrected chi connectivity index (χ4v) is 4.12. The van der Waals surface area contributed by atoms with E-state index >= 15 is 0 Å². The highest BCUT2D eigenvalue weighted by molar-refractivity contribution is 5.88. The molecule has 12 nitrogen and oxygen atoms in total. The molecule has 0 bridgehead atoms. The second-order valence-corrected chi connectivity index (χ2v) is 11.3. The zero-order valence-corrected chi connectivity index (χ0v) is 28.9. The van der Waals surface area contributed by atoms with E-state index < -0.39 is 35.4 Å². The third-order valence-electron chi connectivity index (χ3n) is 6.79. The maximum absolute atomic E-state index is 11.9. The molecule has 0 radical (unpaired) electrons. The quantitative estimate of drug-likeness (QED) is 0.0743. The average molecular weight is 683 g/mol. The normalized spacial score (nSPS) is 16.3. The first kappa shape index (κ1) is 40.1. The minimum absolute atomic E-state index is 0.00673. The Balaban J connectivity index is 2.34. The van der Waals surface area contributed by atoms with Gasteiger partial charge >= 0.3 is 23.9 Å². The van der Waals surface area contributed by atoms with Crippen molar-refractivity contribution in [2.45, 2.75) is 46.1 Å². The summed E-state index contributed by atoms with van der Waals surface area (Å²) >= 11 is 0. The smallest absolute Gasteiger partial charge is 0.333 e. The van der Waals surface area contributed by atoms with Crippen LogP contribution in [0.3, 0.4) is 0 Å². The van der Waals surface area contributed by atoms with Gasteiger partial charge in [-0.25, -0.2) is 19.2 Å². The van der Waals surface area contributed by atoms with Crippen LogP contribution < -0.4 is 9.47 Å². The van der Waals surface area contributed by atoms with E-state index in [-0.39, 0.29) is 75.1 Å². The zero-order chi connectivity index (χ0) is 36.6. The topological polar surface area (TPSA) is 142 Å². The molecule has 49 heavy (non-hydrogen) atoms. The summed E-state index contributed by atoms with van der Waals surface area (Å²) in [5, 5.41) is 0. The number of carbonyl (C=O) groups is 4. The second kappa shape index (κ2) is 19.7. The molecule has 1 aromatic rings. The van der Waals surface area contributed by atoms with Crippen LogP contribution in [0.5, 0.6) is 11.5 Å². The lowest BCUT2D eigenvalue weighted by Crippen LogP contribution is -2.39. The first-order valence-corrected chi connectivity index (χ1v) is 15.5. The fraction of sp³-hybridized carbons (Fsp3) is 0.405. The maximum Gasteiger partial charge on any atom is 0.333 e. The SMILES string of the molecule is C=C(C)C(=O)OCCOC1=CC(OCCOC(=O)C(=C)C)C(C)(c2ccc(OCCOC(=O)C(=C)C)cc2OCCOC(=O)C(=C)C)C=C1. The molecule has 0 aromatic heterocycles. The van der Waals surface area contributed by atoms with Crippen LogP contribution in [-0.4, -0.2) is 82.8 Å². The number of hydrogen-bond donors (Lipinski definition) is 0. The van der Waals surface area contributed by atoms with Crippen LogP contribution in [-0.2, 0) is 53.0 Å². The monoisotopic (exact) mass is 682 g/mol. The largest absolute Gasteiger partial charge is 0.490 e. The lowest BCUT2D eigenvalue weighted by molar-refractivity contribution is -0.141. The summed E-state index contributed by atoms with van der Waals surface area (Å²) in [4.78, 5) is 47.3. The summed E-state index contributed by atoms with van der Waals surface area (Å²) in [7, 11) is 0. The van der Waals surface area contributed by atoms with Gasteiger partial charge in [-0.1, -0.05) is 38.5 Å². The molecule has 0 amide bonds. The highest BCUT2D eigenvalue weighted by atomic mass is 16.6. The molecule has 2 unspecified atom stereocenters. The fourth-order valence-electron chi connectivity index (χ4n) is 4.12. The van der Waals surface area contributed by atoms with Crippen molar-refractivity contribution in [1.82, 2.24) is 0 Å². The standard InChI is InChI=1S/C37H46O12/c1-24(2)33(38)46-18-14-42-28-10-11-30(31(22-28)44-16-20-48-35(40)26(5)6)37(9)13-12-29(43-15-19-47-34(39)25(3)4)23-32(37)45-17-21-49-36(41)27(7)8/h10-13,22-23,32H,1,3,5,7,14-21H2,2,4,6,8-9H3. The lowest BCUT2D eigenvalue weighted by atomic mass is 9.74. The van der Waals surface area contributed by atoms with Crippen molar-refractivity contribution in [3.8, 4) is 11.5 Å². The lowest BCUT2D eigenvalue weighted by Gasteiger charge is -2.37. The Bertz CT molecular complexity index is 1480. The summed E-state index contributed by atoms with van der Waals surface area (Å²) in [6.07, 6.45) is 4.75. The molecule has 0 saturated heterocycles. The Morgan fingerprint density at radius 3 is 1.57 bits per heavy atom. The number of carbonyl (C=O) groups excluding carboxylic acids is 4. The van der Waals surface area contributed by atoms with Gasteiger partial charge in [0.2, 0.25) is 0 Å². The molecule has 2 rings (SSSR count). The van der Waals surface area contributed by atoms with E-state index in [2.05, 4.69) is 26.3 Å². The van der Waals surface area contributed by atoms with Gasteiger partial charge in [-0.2, -0.15) is 0 Å². The van der Waals surface area contributed by atoms with Gasteiger partial charge in [0.05, 0.1) is 12.7 Å². The molecular formula is C37H46O12. The molecule has 12 heteroatoms. The van der Waals surface area contributed by atoms with Crippen molar-refractivity contribution < 1.29 is 57.1 Å². The highest BCUT2D eigenvalue weighted by Gasteiger charge is 2.39. The number of esters is 4. The third kappa shape index (κ3) is 13.1. The molecule has 0 fully saturated rings. The molecular weight excluding hydrogens is 636 g/mol. The van der Waals surface area contributed by atoms with Gasteiger partial charge in [-0.05, 0) is 52.8 Å².